The van der Waals surface area contributed by atoms with E-state index < -0.39 is 0 Å². The Bertz CT molecular complexity index is 992. The number of anilines is 1. The van der Waals surface area contributed by atoms with E-state index in [-0.39, 0.29) is 12.1 Å². The Morgan fingerprint density at radius 1 is 0.923 bits per heavy atom. The van der Waals surface area contributed by atoms with Crippen molar-refractivity contribution in [1.82, 2.24) is 20.2 Å². The number of fused-ring (bicyclic) bond motifs is 1. The van der Waals surface area contributed by atoms with Gasteiger partial charge in [-0.15, -0.1) is 11.3 Å². The average Bonchev–Trinajstić information content (AvgIpc) is 3.40. The largest absolute Gasteiger partial charge is 0.346 e. The Balaban J connectivity index is 1.46. The Morgan fingerprint density at radius 3 is 2.50 bits per heavy atom. The third kappa shape index (κ3) is 2.68. The summed E-state index contributed by atoms with van der Waals surface area (Å²) in [4.78, 5) is 1.28. The fraction of sp³-hybridized carbons (Fsp3) is 0.150. The van der Waals surface area contributed by atoms with Crippen LogP contribution in [0.5, 0.6) is 0 Å². The van der Waals surface area contributed by atoms with E-state index in [4.69, 9.17) is 0 Å². The van der Waals surface area contributed by atoms with Crippen molar-refractivity contribution in [2.24, 2.45) is 0 Å². The van der Waals surface area contributed by atoms with E-state index in [1.807, 2.05) is 10.7 Å². The van der Waals surface area contributed by atoms with Crippen LogP contribution >= 0.6 is 11.3 Å². The second kappa shape index (κ2) is 6.38. The lowest BCUT2D eigenvalue weighted by molar-refractivity contribution is 0.429. The highest BCUT2D eigenvalue weighted by atomic mass is 32.1. The summed E-state index contributed by atoms with van der Waals surface area (Å²) in [5.41, 5.74) is 3.71. The van der Waals surface area contributed by atoms with Crippen LogP contribution in [0.15, 0.2) is 72.1 Å². The molecule has 1 N–H and O–H groups in total. The van der Waals surface area contributed by atoms with E-state index in [1.165, 1.54) is 21.6 Å². The number of nitrogens with one attached hydrogen (secondary N) is 1. The predicted molar refractivity (Wildman–Crippen MR) is 103 cm³/mol. The number of aromatic nitrogens is 4. The topological polar surface area (TPSA) is 55.6 Å². The van der Waals surface area contributed by atoms with Crippen molar-refractivity contribution in [2.75, 3.05) is 5.32 Å². The number of rotatable bonds is 3. The maximum atomic E-state index is 4.18. The second-order valence-corrected chi connectivity index (χ2v) is 7.38. The lowest BCUT2D eigenvalue weighted by Crippen LogP contribution is -2.27. The molecule has 5 nitrogen and oxygen atoms in total. The number of thiophene rings is 1. The lowest BCUT2D eigenvalue weighted by Gasteiger charge is -2.30. The third-order valence-electron chi connectivity index (χ3n) is 4.84. The number of nitrogens with zero attached hydrogens (tertiary/aromatic N) is 4. The van der Waals surface area contributed by atoms with Gasteiger partial charge in [-0.05, 0) is 45.0 Å². The first-order valence-electron chi connectivity index (χ1n) is 8.62. The first-order chi connectivity index (χ1) is 12.9. The lowest BCUT2D eigenvalue weighted by atomic mass is 9.95. The van der Waals surface area contributed by atoms with Crippen molar-refractivity contribution in [3.8, 4) is 11.1 Å². The standard InChI is InChI=1S/C20H17N5S/c1-2-5-14(6-3-1)15-8-10-16(11-9-15)17-13-18(19-7-4-12-26-19)25-20(21-17)22-23-24-25/h1-12,17-18H,13H2,(H,21,22,24)/t17-,18+/m0/s1. The molecule has 26 heavy (non-hydrogen) atoms. The van der Waals surface area contributed by atoms with Gasteiger partial charge in [-0.1, -0.05) is 65.8 Å². The molecule has 2 aromatic carbocycles. The molecule has 0 radical (unpaired) electrons. The van der Waals surface area contributed by atoms with Crippen LogP contribution in [-0.4, -0.2) is 20.2 Å². The Morgan fingerprint density at radius 2 is 1.73 bits per heavy atom. The van der Waals surface area contributed by atoms with Crippen LogP contribution < -0.4 is 5.32 Å². The summed E-state index contributed by atoms with van der Waals surface area (Å²) in [5.74, 6) is 0.729. The molecule has 0 saturated carbocycles. The van der Waals surface area contributed by atoms with Crippen molar-refractivity contribution in [3.05, 3.63) is 82.6 Å². The first-order valence-corrected chi connectivity index (χ1v) is 9.49. The number of benzene rings is 2. The fourth-order valence-electron chi connectivity index (χ4n) is 3.51. The average molecular weight is 359 g/mol. The summed E-state index contributed by atoms with van der Waals surface area (Å²) in [6.07, 6.45) is 0.920. The van der Waals surface area contributed by atoms with Crippen molar-refractivity contribution in [1.29, 1.82) is 0 Å². The Labute approximate surface area is 155 Å². The van der Waals surface area contributed by atoms with Gasteiger partial charge in [0, 0.05) is 4.88 Å². The van der Waals surface area contributed by atoms with Gasteiger partial charge < -0.3 is 5.32 Å². The van der Waals surface area contributed by atoms with Gasteiger partial charge in [0.2, 0.25) is 5.95 Å². The monoisotopic (exact) mass is 359 g/mol. The maximum Gasteiger partial charge on any atom is 0.244 e. The molecule has 2 atom stereocenters. The van der Waals surface area contributed by atoms with Gasteiger partial charge in [0.15, 0.2) is 0 Å². The van der Waals surface area contributed by atoms with Gasteiger partial charge in [-0.2, -0.15) is 0 Å². The van der Waals surface area contributed by atoms with E-state index in [1.54, 1.807) is 11.3 Å². The normalized spacial score (nSPS) is 18.9. The highest BCUT2D eigenvalue weighted by Gasteiger charge is 2.31. The molecule has 0 saturated heterocycles. The van der Waals surface area contributed by atoms with Crippen LogP contribution in [0.3, 0.4) is 0 Å². The zero-order chi connectivity index (χ0) is 17.3. The molecule has 128 valence electrons. The van der Waals surface area contributed by atoms with Crippen molar-refractivity contribution in [3.63, 3.8) is 0 Å². The molecule has 0 spiro atoms. The fourth-order valence-corrected chi connectivity index (χ4v) is 4.34. The number of tetrazole rings is 1. The van der Waals surface area contributed by atoms with Crippen LogP contribution in [0, 0.1) is 0 Å². The zero-order valence-corrected chi connectivity index (χ0v) is 14.8. The molecule has 0 unspecified atom stereocenters. The van der Waals surface area contributed by atoms with E-state index in [0.717, 1.165) is 12.4 Å². The van der Waals surface area contributed by atoms with Gasteiger partial charge in [0.25, 0.3) is 0 Å². The van der Waals surface area contributed by atoms with Crippen molar-refractivity contribution < 1.29 is 0 Å². The highest BCUT2D eigenvalue weighted by Crippen LogP contribution is 2.38. The smallest absolute Gasteiger partial charge is 0.244 e. The minimum absolute atomic E-state index is 0.167. The minimum atomic E-state index is 0.167. The molecular formula is C20H17N5S. The van der Waals surface area contributed by atoms with Crippen LogP contribution in [0.25, 0.3) is 11.1 Å². The Hall–Kier alpha value is -2.99. The van der Waals surface area contributed by atoms with E-state index >= 15 is 0 Å². The van der Waals surface area contributed by atoms with E-state index in [2.05, 4.69) is 86.9 Å². The second-order valence-electron chi connectivity index (χ2n) is 6.40. The van der Waals surface area contributed by atoms with Gasteiger partial charge in [-0.25, -0.2) is 4.68 Å². The number of hydrogen-bond donors (Lipinski definition) is 1. The van der Waals surface area contributed by atoms with E-state index in [9.17, 15) is 0 Å². The third-order valence-corrected chi connectivity index (χ3v) is 5.82. The SMILES string of the molecule is c1ccc(-c2ccc([C@@H]3C[C@H](c4cccs4)n4nnnc4N3)cc2)cc1. The zero-order valence-electron chi connectivity index (χ0n) is 14.0. The van der Waals surface area contributed by atoms with Gasteiger partial charge in [-0.3, -0.25) is 0 Å². The molecule has 3 heterocycles. The molecular weight excluding hydrogens is 342 g/mol. The quantitative estimate of drug-likeness (QED) is 0.583. The molecule has 2 aromatic heterocycles. The summed E-state index contributed by atoms with van der Waals surface area (Å²) < 4.78 is 1.89. The molecule has 4 aromatic rings. The molecule has 0 amide bonds. The molecule has 1 aliphatic rings. The maximum absolute atomic E-state index is 4.18. The Kier molecular flexibility index (Phi) is 3.75. The van der Waals surface area contributed by atoms with Crippen LogP contribution in [0.2, 0.25) is 0 Å². The minimum Gasteiger partial charge on any atom is -0.346 e. The number of hydrogen-bond acceptors (Lipinski definition) is 5. The summed E-state index contributed by atoms with van der Waals surface area (Å²) >= 11 is 1.75. The van der Waals surface area contributed by atoms with Crippen LogP contribution in [-0.2, 0) is 0 Å². The van der Waals surface area contributed by atoms with E-state index in [0.29, 0.717) is 0 Å². The summed E-state index contributed by atoms with van der Waals surface area (Å²) in [5, 5.41) is 17.8. The first kappa shape index (κ1) is 15.3. The van der Waals surface area contributed by atoms with Crippen LogP contribution in [0.4, 0.5) is 5.95 Å². The molecule has 6 heteroatoms. The molecule has 0 fully saturated rings. The van der Waals surface area contributed by atoms with Gasteiger partial charge in [0.05, 0.1) is 12.1 Å². The summed E-state index contributed by atoms with van der Waals surface area (Å²) in [6.45, 7) is 0. The van der Waals surface area contributed by atoms with Gasteiger partial charge in [0.1, 0.15) is 0 Å². The summed E-state index contributed by atoms with van der Waals surface area (Å²) in [7, 11) is 0. The van der Waals surface area contributed by atoms with Crippen molar-refractivity contribution in [2.45, 2.75) is 18.5 Å². The molecule has 5 rings (SSSR count). The van der Waals surface area contributed by atoms with Crippen LogP contribution in [0.1, 0.15) is 28.9 Å². The molecule has 0 aliphatic carbocycles. The van der Waals surface area contributed by atoms with Gasteiger partial charge >= 0.3 is 0 Å². The highest BCUT2D eigenvalue weighted by molar-refractivity contribution is 7.10. The summed E-state index contributed by atoms with van der Waals surface area (Å²) in [6, 6.07) is 23.8. The molecule has 1 aliphatic heterocycles. The van der Waals surface area contributed by atoms with Crippen molar-refractivity contribution >= 4 is 17.3 Å². The predicted octanol–water partition coefficient (Wildman–Crippen LogP) is 4.55. The molecule has 0 bridgehead atoms.